The van der Waals surface area contributed by atoms with Crippen molar-refractivity contribution >= 4 is 22.4 Å². The average molecular weight is 392 g/mol. The minimum absolute atomic E-state index is 0.222. The molecular weight excluding hydrogens is 375 g/mol. The lowest BCUT2D eigenvalue weighted by molar-refractivity contribution is 0.102. The molecule has 4 rings (SSSR count). The highest BCUT2D eigenvalue weighted by Gasteiger charge is 2.16. The van der Waals surface area contributed by atoms with Crippen molar-refractivity contribution < 1.29 is 9.18 Å². The molecule has 28 heavy (non-hydrogen) atoms. The minimum Gasteiger partial charge on any atom is -0.318 e. The number of thiazole rings is 1. The van der Waals surface area contributed by atoms with E-state index in [2.05, 4.69) is 19.9 Å². The molecule has 7 heteroatoms. The number of pyridine rings is 1. The number of amides is 1. The first-order valence-electron chi connectivity index (χ1n) is 8.65. The van der Waals surface area contributed by atoms with Gasteiger partial charge < -0.3 is 4.57 Å². The molecule has 0 aliphatic rings. The molecular formula is C21H17FN4OS. The molecule has 1 N–H and O–H groups in total. The van der Waals surface area contributed by atoms with Gasteiger partial charge in [-0.15, -0.1) is 11.3 Å². The molecule has 1 aromatic carbocycles. The van der Waals surface area contributed by atoms with Gasteiger partial charge in [0.2, 0.25) is 0 Å². The summed E-state index contributed by atoms with van der Waals surface area (Å²) in [5.41, 5.74) is 5.21. The van der Waals surface area contributed by atoms with Crippen LogP contribution in [-0.4, -0.2) is 20.4 Å². The van der Waals surface area contributed by atoms with Crippen molar-refractivity contribution in [3.63, 3.8) is 0 Å². The minimum atomic E-state index is -0.263. The molecule has 0 saturated heterocycles. The predicted molar refractivity (Wildman–Crippen MR) is 108 cm³/mol. The smallest absolute Gasteiger partial charge is 0.257 e. The Kier molecular flexibility index (Phi) is 4.75. The van der Waals surface area contributed by atoms with Gasteiger partial charge in [-0.2, -0.15) is 0 Å². The third-order valence-electron chi connectivity index (χ3n) is 4.46. The highest BCUT2D eigenvalue weighted by Crippen LogP contribution is 2.31. The van der Waals surface area contributed by atoms with Gasteiger partial charge in [-0.1, -0.05) is 0 Å². The molecule has 3 aromatic heterocycles. The number of carbonyl (C=O) groups is 1. The van der Waals surface area contributed by atoms with E-state index in [1.165, 1.54) is 23.5 Å². The standard InChI is InChI=1S/C21H17FN4OS/c1-13-11-18(14(2)26(13)17-5-3-16(22)4-6-17)19-12-28-21(24-19)25-20(27)15-7-9-23-10-8-15/h3-12H,1-2H3,(H,24,25,27). The maximum atomic E-state index is 13.2. The number of rotatable bonds is 4. The maximum absolute atomic E-state index is 13.2. The molecule has 0 fully saturated rings. The Morgan fingerprint density at radius 1 is 1.11 bits per heavy atom. The number of aromatic nitrogens is 3. The summed E-state index contributed by atoms with van der Waals surface area (Å²) in [7, 11) is 0. The van der Waals surface area contributed by atoms with Crippen molar-refractivity contribution in [1.82, 2.24) is 14.5 Å². The number of carbonyl (C=O) groups excluding carboxylic acids is 1. The predicted octanol–water partition coefficient (Wildman–Crippen LogP) is 5.00. The third-order valence-corrected chi connectivity index (χ3v) is 5.22. The molecule has 0 aliphatic heterocycles. The number of nitrogens with zero attached hydrogens (tertiary/aromatic N) is 3. The molecule has 0 saturated carbocycles. The summed E-state index contributed by atoms with van der Waals surface area (Å²) in [4.78, 5) is 20.8. The first kappa shape index (κ1) is 18.1. The molecule has 1 amide bonds. The van der Waals surface area contributed by atoms with Crippen LogP contribution in [0.5, 0.6) is 0 Å². The second-order valence-corrected chi connectivity index (χ2v) is 7.18. The Labute approximate surface area is 165 Å². The fourth-order valence-electron chi connectivity index (χ4n) is 3.14. The van der Waals surface area contributed by atoms with Crippen LogP contribution in [0.25, 0.3) is 16.9 Å². The fourth-order valence-corrected chi connectivity index (χ4v) is 3.84. The Bertz CT molecular complexity index is 1130. The van der Waals surface area contributed by atoms with Gasteiger partial charge in [-0.05, 0) is 56.3 Å². The van der Waals surface area contributed by atoms with Crippen LogP contribution < -0.4 is 5.32 Å². The molecule has 0 aliphatic carbocycles. The van der Waals surface area contributed by atoms with Crippen LogP contribution in [0.15, 0.2) is 60.2 Å². The van der Waals surface area contributed by atoms with Crippen LogP contribution >= 0.6 is 11.3 Å². The molecule has 5 nitrogen and oxygen atoms in total. The molecule has 0 spiro atoms. The van der Waals surface area contributed by atoms with E-state index in [0.717, 1.165) is 28.3 Å². The third kappa shape index (κ3) is 3.44. The fraction of sp³-hybridized carbons (Fsp3) is 0.0952. The Morgan fingerprint density at radius 2 is 1.82 bits per heavy atom. The van der Waals surface area contributed by atoms with Crippen LogP contribution in [0.3, 0.4) is 0 Å². The van der Waals surface area contributed by atoms with Crippen molar-refractivity contribution in [2.75, 3.05) is 5.32 Å². The Hall–Kier alpha value is -3.32. The van der Waals surface area contributed by atoms with Gasteiger partial charge in [-0.3, -0.25) is 15.1 Å². The van der Waals surface area contributed by atoms with E-state index in [1.54, 1.807) is 36.7 Å². The lowest BCUT2D eigenvalue weighted by atomic mass is 10.2. The van der Waals surface area contributed by atoms with Crippen LogP contribution in [0.4, 0.5) is 9.52 Å². The zero-order valence-corrected chi connectivity index (χ0v) is 16.1. The average Bonchev–Trinajstić information content (AvgIpc) is 3.27. The number of anilines is 1. The lowest BCUT2D eigenvalue weighted by Gasteiger charge is -2.09. The zero-order chi connectivity index (χ0) is 19.7. The molecule has 3 heterocycles. The van der Waals surface area contributed by atoms with Gasteiger partial charge in [-0.25, -0.2) is 9.37 Å². The van der Waals surface area contributed by atoms with Gasteiger partial charge in [0, 0.05) is 46.0 Å². The van der Waals surface area contributed by atoms with E-state index in [0.29, 0.717) is 10.7 Å². The number of aryl methyl sites for hydroxylation is 1. The van der Waals surface area contributed by atoms with Crippen molar-refractivity contribution in [1.29, 1.82) is 0 Å². The zero-order valence-electron chi connectivity index (χ0n) is 15.3. The molecule has 0 bridgehead atoms. The molecule has 140 valence electrons. The van der Waals surface area contributed by atoms with Gasteiger partial charge >= 0.3 is 0 Å². The Balaban J connectivity index is 1.61. The summed E-state index contributed by atoms with van der Waals surface area (Å²) in [6, 6.07) is 11.7. The van der Waals surface area contributed by atoms with Gasteiger partial charge in [0.05, 0.1) is 5.69 Å². The lowest BCUT2D eigenvalue weighted by Crippen LogP contribution is -2.11. The van der Waals surface area contributed by atoms with Gasteiger partial charge in [0.15, 0.2) is 5.13 Å². The van der Waals surface area contributed by atoms with E-state index in [9.17, 15) is 9.18 Å². The topological polar surface area (TPSA) is 59.8 Å². The van der Waals surface area contributed by atoms with E-state index in [-0.39, 0.29) is 11.7 Å². The van der Waals surface area contributed by atoms with E-state index >= 15 is 0 Å². The van der Waals surface area contributed by atoms with E-state index in [1.807, 2.05) is 25.3 Å². The Morgan fingerprint density at radius 3 is 2.54 bits per heavy atom. The van der Waals surface area contributed by atoms with Gasteiger partial charge in [0.1, 0.15) is 5.82 Å². The van der Waals surface area contributed by atoms with Crippen LogP contribution in [0.1, 0.15) is 21.7 Å². The highest BCUT2D eigenvalue weighted by molar-refractivity contribution is 7.14. The quantitative estimate of drug-likeness (QED) is 0.531. The SMILES string of the molecule is Cc1cc(-c2csc(NC(=O)c3ccncc3)n2)c(C)n1-c1ccc(F)cc1. The van der Waals surface area contributed by atoms with Gasteiger partial charge in [0.25, 0.3) is 5.91 Å². The maximum Gasteiger partial charge on any atom is 0.257 e. The summed E-state index contributed by atoms with van der Waals surface area (Å²) in [6.07, 6.45) is 3.15. The van der Waals surface area contributed by atoms with E-state index in [4.69, 9.17) is 0 Å². The first-order valence-corrected chi connectivity index (χ1v) is 9.53. The summed E-state index contributed by atoms with van der Waals surface area (Å²) < 4.78 is 15.3. The molecule has 0 radical (unpaired) electrons. The monoisotopic (exact) mass is 392 g/mol. The summed E-state index contributed by atoms with van der Waals surface area (Å²) in [6.45, 7) is 4.00. The van der Waals surface area contributed by atoms with Crippen LogP contribution in [0, 0.1) is 19.7 Å². The largest absolute Gasteiger partial charge is 0.318 e. The number of hydrogen-bond acceptors (Lipinski definition) is 4. The highest BCUT2D eigenvalue weighted by atomic mass is 32.1. The first-order chi connectivity index (χ1) is 13.5. The molecule has 0 unspecified atom stereocenters. The molecule has 4 aromatic rings. The number of halogens is 1. The van der Waals surface area contributed by atoms with Crippen molar-refractivity contribution in [3.8, 4) is 16.9 Å². The van der Waals surface area contributed by atoms with Crippen LogP contribution in [0.2, 0.25) is 0 Å². The van der Waals surface area contributed by atoms with Crippen molar-refractivity contribution in [3.05, 3.63) is 83.0 Å². The number of hydrogen-bond donors (Lipinski definition) is 1. The summed E-state index contributed by atoms with van der Waals surface area (Å²) >= 11 is 1.37. The van der Waals surface area contributed by atoms with Crippen molar-refractivity contribution in [2.24, 2.45) is 0 Å². The summed E-state index contributed by atoms with van der Waals surface area (Å²) in [5, 5.41) is 5.27. The number of nitrogens with one attached hydrogen (secondary N) is 1. The normalized spacial score (nSPS) is 10.8. The second-order valence-electron chi connectivity index (χ2n) is 6.32. The van der Waals surface area contributed by atoms with E-state index < -0.39 is 0 Å². The van der Waals surface area contributed by atoms with Crippen LogP contribution in [-0.2, 0) is 0 Å². The van der Waals surface area contributed by atoms with Crippen molar-refractivity contribution in [2.45, 2.75) is 13.8 Å². The molecule has 0 atom stereocenters. The number of benzene rings is 1. The summed E-state index contributed by atoms with van der Waals surface area (Å²) in [5.74, 6) is -0.486. The second kappa shape index (κ2) is 7.36.